The minimum absolute atomic E-state index is 0.210. The molecule has 0 bridgehead atoms. The van der Waals surface area contributed by atoms with E-state index in [2.05, 4.69) is 25.8 Å². The molecule has 0 amide bonds. The molecule has 0 heterocycles. The highest BCUT2D eigenvalue weighted by Crippen LogP contribution is 2.27. The minimum Gasteiger partial charge on any atom is -0.504 e. The predicted molar refractivity (Wildman–Crippen MR) is 70.4 cm³/mol. The first-order chi connectivity index (χ1) is 8.02. The van der Waals surface area contributed by atoms with Gasteiger partial charge in [0, 0.05) is 13.1 Å². The van der Waals surface area contributed by atoms with Crippen molar-refractivity contribution in [1.29, 1.82) is 0 Å². The van der Waals surface area contributed by atoms with E-state index >= 15 is 0 Å². The van der Waals surface area contributed by atoms with Gasteiger partial charge in [-0.2, -0.15) is 0 Å². The Bertz CT molecular complexity index is 350. The first-order valence-corrected chi connectivity index (χ1v) is 6.16. The van der Waals surface area contributed by atoms with Crippen LogP contribution in [0.2, 0.25) is 0 Å². The molecule has 3 nitrogen and oxygen atoms in total. The number of benzene rings is 1. The Morgan fingerprint density at radius 3 is 2.65 bits per heavy atom. The summed E-state index contributed by atoms with van der Waals surface area (Å²) in [6, 6.07) is 5.55. The average molecular weight is 237 g/mol. The minimum atomic E-state index is 0.210. The van der Waals surface area contributed by atoms with E-state index in [1.165, 1.54) is 0 Å². The van der Waals surface area contributed by atoms with E-state index in [4.69, 9.17) is 4.74 Å². The van der Waals surface area contributed by atoms with Gasteiger partial charge < -0.3 is 14.7 Å². The molecule has 0 aliphatic rings. The predicted octanol–water partition coefficient (Wildman–Crippen LogP) is 2.88. The van der Waals surface area contributed by atoms with Gasteiger partial charge in [-0.1, -0.05) is 19.9 Å². The maximum Gasteiger partial charge on any atom is 0.161 e. The zero-order valence-electron chi connectivity index (χ0n) is 11.2. The van der Waals surface area contributed by atoms with Gasteiger partial charge in [0.1, 0.15) is 0 Å². The van der Waals surface area contributed by atoms with Crippen molar-refractivity contribution < 1.29 is 9.84 Å². The molecular weight excluding hydrogens is 214 g/mol. The SMILES string of the molecule is CCOc1cc(CN(C)CC(C)C)ccc1O. The molecule has 0 aromatic heterocycles. The Balaban J connectivity index is 2.68. The fraction of sp³-hybridized carbons (Fsp3) is 0.571. The molecule has 0 saturated heterocycles. The van der Waals surface area contributed by atoms with Crippen LogP contribution in [-0.4, -0.2) is 30.2 Å². The molecule has 0 atom stereocenters. The van der Waals surface area contributed by atoms with Crippen molar-refractivity contribution in [2.75, 3.05) is 20.2 Å². The number of nitrogens with zero attached hydrogens (tertiary/aromatic N) is 1. The first-order valence-electron chi connectivity index (χ1n) is 6.16. The summed E-state index contributed by atoms with van der Waals surface area (Å²) in [5.41, 5.74) is 1.16. The van der Waals surface area contributed by atoms with Crippen LogP contribution in [0, 0.1) is 5.92 Å². The van der Waals surface area contributed by atoms with Crippen LogP contribution in [0.15, 0.2) is 18.2 Å². The molecule has 1 rings (SSSR count). The molecule has 0 fully saturated rings. The molecule has 0 aliphatic heterocycles. The van der Waals surface area contributed by atoms with Gasteiger partial charge in [-0.05, 0) is 37.6 Å². The molecule has 0 saturated carbocycles. The fourth-order valence-corrected chi connectivity index (χ4v) is 1.93. The lowest BCUT2D eigenvalue weighted by Crippen LogP contribution is -2.22. The summed E-state index contributed by atoms with van der Waals surface area (Å²) >= 11 is 0. The molecule has 0 unspecified atom stereocenters. The number of rotatable bonds is 6. The molecule has 96 valence electrons. The lowest BCUT2D eigenvalue weighted by Gasteiger charge is -2.19. The van der Waals surface area contributed by atoms with Gasteiger partial charge in [0.25, 0.3) is 0 Å². The number of hydrogen-bond acceptors (Lipinski definition) is 3. The van der Waals surface area contributed by atoms with Crippen molar-refractivity contribution in [1.82, 2.24) is 4.90 Å². The summed E-state index contributed by atoms with van der Waals surface area (Å²) in [6.07, 6.45) is 0. The van der Waals surface area contributed by atoms with Gasteiger partial charge in [-0.15, -0.1) is 0 Å². The monoisotopic (exact) mass is 237 g/mol. The second kappa shape index (κ2) is 6.50. The van der Waals surface area contributed by atoms with E-state index in [9.17, 15) is 5.11 Å². The Labute approximate surface area is 104 Å². The zero-order valence-corrected chi connectivity index (χ0v) is 11.2. The van der Waals surface area contributed by atoms with Gasteiger partial charge in [-0.25, -0.2) is 0 Å². The first kappa shape index (κ1) is 13.8. The number of hydrogen-bond donors (Lipinski definition) is 1. The third kappa shape index (κ3) is 4.65. The van der Waals surface area contributed by atoms with Gasteiger partial charge in [0.15, 0.2) is 11.5 Å². The molecule has 0 aliphatic carbocycles. The molecule has 3 heteroatoms. The number of aromatic hydroxyl groups is 1. The van der Waals surface area contributed by atoms with Crippen molar-refractivity contribution in [3.8, 4) is 11.5 Å². The summed E-state index contributed by atoms with van der Waals surface area (Å²) in [5, 5.41) is 9.61. The van der Waals surface area contributed by atoms with E-state index in [1.807, 2.05) is 19.1 Å². The van der Waals surface area contributed by atoms with Crippen LogP contribution in [0.25, 0.3) is 0 Å². The van der Waals surface area contributed by atoms with E-state index in [0.717, 1.165) is 18.7 Å². The highest BCUT2D eigenvalue weighted by molar-refractivity contribution is 5.41. The Kier molecular flexibility index (Phi) is 5.29. The molecular formula is C14H23NO2. The topological polar surface area (TPSA) is 32.7 Å². The van der Waals surface area contributed by atoms with Crippen LogP contribution in [0.3, 0.4) is 0 Å². The van der Waals surface area contributed by atoms with Gasteiger partial charge in [-0.3, -0.25) is 0 Å². The smallest absolute Gasteiger partial charge is 0.161 e. The van der Waals surface area contributed by atoms with Gasteiger partial charge in [0.2, 0.25) is 0 Å². The van der Waals surface area contributed by atoms with Crippen molar-refractivity contribution in [2.45, 2.75) is 27.3 Å². The van der Waals surface area contributed by atoms with Crippen molar-refractivity contribution in [3.05, 3.63) is 23.8 Å². The van der Waals surface area contributed by atoms with E-state index in [-0.39, 0.29) is 5.75 Å². The third-order valence-electron chi connectivity index (χ3n) is 2.45. The van der Waals surface area contributed by atoms with Gasteiger partial charge in [0.05, 0.1) is 6.61 Å². The highest BCUT2D eigenvalue weighted by atomic mass is 16.5. The number of phenols is 1. The molecule has 0 radical (unpaired) electrons. The van der Waals surface area contributed by atoms with Crippen LogP contribution in [0.5, 0.6) is 11.5 Å². The number of phenolic OH excluding ortho intramolecular Hbond substituents is 1. The second-order valence-corrected chi connectivity index (χ2v) is 4.83. The Morgan fingerprint density at radius 2 is 2.06 bits per heavy atom. The normalized spacial score (nSPS) is 11.2. The van der Waals surface area contributed by atoms with E-state index in [0.29, 0.717) is 18.3 Å². The maximum absolute atomic E-state index is 9.61. The van der Waals surface area contributed by atoms with E-state index < -0.39 is 0 Å². The molecule has 0 spiro atoms. The fourth-order valence-electron chi connectivity index (χ4n) is 1.93. The summed E-state index contributed by atoms with van der Waals surface area (Å²) in [7, 11) is 2.10. The lowest BCUT2D eigenvalue weighted by atomic mass is 10.1. The van der Waals surface area contributed by atoms with Crippen molar-refractivity contribution in [2.24, 2.45) is 5.92 Å². The van der Waals surface area contributed by atoms with E-state index in [1.54, 1.807) is 6.07 Å². The van der Waals surface area contributed by atoms with Crippen molar-refractivity contribution in [3.63, 3.8) is 0 Å². The zero-order chi connectivity index (χ0) is 12.8. The molecule has 1 N–H and O–H groups in total. The molecule has 17 heavy (non-hydrogen) atoms. The van der Waals surface area contributed by atoms with Crippen LogP contribution in [0.4, 0.5) is 0 Å². The average Bonchev–Trinajstić information content (AvgIpc) is 2.22. The largest absolute Gasteiger partial charge is 0.504 e. The molecule has 1 aromatic rings. The highest BCUT2D eigenvalue weighted by Gasteiger charge is 2.06. The second-order valence-electron chi connectivity index (χ2n) is 4.83. The summed E-state index contributed by atoms with van der Waals surface area (Å²) < 4.78 is 5.37. The lowest BCUT2D eigenvalue weighted by molar-refractivity contribution is 0.286. The van der Waals surface area contributed by atoms with Gasteiger partial charge >= 0.3 is 0 Å². The van der Waals surface area contributed by atoms with Crippen LogP contribution in [0.1, 0.15) is 26.3 Å². The molecule has 1 aromatic carbocycles. The quantitative estimate of drug-likeness (QED) is 0.825. The van der Waals surface area contributed by atoms with Crippen LogP contribution in [-0.2, 0) is 6.54 Å². The summed E-state index contributed by atoms with van der Waals surface area (Å²) in [6.45, 7) is 8.83. The standard InChI is InChI=1S/C14H23NO2/c1-5-17-14-8-12(6-7-13(14)16)10-15(4)9-11(2)3/h6-8,11,16H,5,9-10H2,1-4H3. The Morgan fingerprint density at radius 1 is 1.35 bits per heavy atom. The summed E-state index contributed by atoms with van der Waals surface area (Å²) in [4.78, 5) is 2.27. The van der Waals surface area contributed by atoms with Crippen molar-refractivity contribution >= 4 is 0 Å². The number of ether oxygens (including phenoxy) is 1. The van der Waals surface area contributed by atoms with Crippen LogP contribution >= 0.6 is 0 Å². The third-order valence-corrected chi connectivity index (χ3v) is 2.45. The maximum atomic E-state index is 9.61. The summed E-state index contributed by atoms with van der Waals surface area (Å²) in [5.74, 6) is 1.44. The van der Waals surface area contributed by atoms with Crippen LogP contribution < -0.4 is 4.74 Å². The Hall–Kier alpha value is -1.22.